The van der Waals surface area contributed by atoms with Crippen molar-refractivity contribution in [1.82, 2.24) is 0 Å². The van der Waals surface area contributed by atoms with Gasteiger partial charge in [-0.15, -0.1) is 0 Å². The first-order valence-corrected chi connectivity index (χ1v) is 7.87. The molecule has 6 nitrogen and oxygen atoms in total. The third-order valence-electron chi connectivity index (χ3n) is 4.02. The van der Waals surface area contributed by atoms with Crippen molar-refractivity contribution in [2.24, 2.45) is 0 Å². The van der Waals surface area contributed by atoms with Crippen molar-refractivity contribution < 1.29 is 29.4 Å². The van der Waals surface area contributed by atoms with Gasteiger partial charge in [0.15, 0.2) is 0 Å². The van der Waals surface area contributed by atoms with Gasteiger partial charge in [0.1, 0.15) is 0 Å². The molecule has 2 aromatic rings. The lowest BCUT2D eigenvalue weighted by Gasteiger charge is -2.25. The van der Waals surface area contributed by atoms with Crippen molar-refractivity contribution >= 4 is 11.9 Å². The Kier molecular flexibility index (Phi) is 6.27. The van der Waals surface area contributed by atoms with Crippen LogP contribution >= 0.6 is 0 Å². The normalized spacial score (nSPS) is 11.0. The van der Waals surface area contributed by atoms with Crippen LogP contribution in [0.1, 0.15) is 53.5 Å². The molecule has 0 N–H and O–H groups in total. The lowest BCUT2D eigenvalue weighted by atomic mass is 9.80. The molecule has 0 aromatic heterocycles. The first-order valence-electron chi connectivity index (χ1n) is 7.87. The molecule has 0 spiro atoms. The number of rotatable bonds is 7. The Bertz CT molecular complexity index is 724. The summed E-state index contributed by atoms with van der Waals surface area (Å²) in [6, 6.07) is 15.2. The Morgan fingerprint density at radius 2 is 1.40 bits per heavy atom. The third kappa shape index (κ3) is 4.89. The zero-order valence-electron chi connectivity index (χ0n) is 14.4. The second-order valence-electron chi connectivity index (χ2n) is 6.03. The van der Waals surface area contributed by atoms with Crippen molar-refractivity contribution in [2.45, 2.75) is 32.6 Å². The van der Waals surface area contributed by atoms with Gasteiger partial charge in [-0.2, -0.15) is 0 Å². The molecule has 25 heavy (non-hydrogen) atoms. The highest BCUT2D eigenvalue weighted by molar-refractivity contribution is 5.91. The molecular formula is C19H20O6. The van der Waals surface area contributed by atoms with Crippen LogP contribution in [0.25, 0.3) is 0 Å². The summed E-state index contributed by atoms with van der Waals surface area (Å²) in [5.74, 6) is -1.52. The number of carbonyl (C=O) groups excluding carboxylic acids is 2. The van der Waals surface area contributed by atoms with Crippen LogP contribution in [0.2, 0.25) is 0 Å². The number of hydrogen-bond acceptors (Lipinski definition) is 6. The van der Waals surface area contributed by atoms with Crippen molar-refractivity contribution in [3.63, 3.8) is 0 Å². The van der Waals surface area contributed by atoms with E-state index in [9.17, 15) is 9.59 Å². The monoisotopic (exact) mass is 344 g/mol. The summed E-state index contributed by atoms with van der Waals surface area (Å²) < 4.78 is 0. The Morgan fingerprint density at radius 1 is 0.840 bits per heavy atom. The maximum Gasteiger partial charge on any atom is 0.376 e. The van der Waals surface area contributed by atoms with Gasteiger partial charge in [-0.25, -0.2) is 9.59 Å². The molecule has 0 unspecified atom stereocenters. The van der Waals surface area contributed by atoms with Gasteiger partial charge < -0.3 is 0 Å². The van der Waals surface area contributed by atoms with E-state index in [0.717, 1.165) is 12.0 Å². The van der Waals surface area contributed by atoms with Gasteiger partial charge in [-0.1, -0.05) is 57.2 Å². The van der Waals surface area contributed by atoms with E-state index < -0.39 is 11.9 Å². The summed E-state index contributed by atoms with van der Waals surface area (Å²) in [6.07, 6.45) is 0.837. The maximum absolute atomic E-state index is 12.2. The number of hydrogen-bond donors (Lipinski definition) is 0. The Labute approximate surface area is 146 Å². The van der Waals surface area contributed by atoms with Gasteiger partial charge in [-0.05, 0) is 35.6 Å². The standard InChI is InChI=1S/C19H20O6/c1-4-19(2,3)16-13-9-8-12-15(16)18(21)23-25-24-22-17(20)14-10-6-5-7-11-14/h5-13H,4H2,1-3H3. The summed E-state index contributed by atoms with van der Waals surface area (Å²) >= 11 is 0. The fourth-order valence-corrected chi connectivity index (χ4v) is 2.20. The molecule has 0 aliphatic rings. The van der Waals surface area contributed by atoms with Crippen LogP contribution in [-0.2, 0) is 25.3 Å². The third-order valence-corrected chi connectivity index (χ3v) is 4.02. The smallest absolute Gasteiger partial charge is 0.260 e. The molecule has 0 bridgehead atoms. The van der Waals surface area contributed by atoms with E-state index in [0.29, 0.717) is 5.56 Å². The SMILES string of the molecule is CCC(C)(C)c1ccccc1C(=O)OOOOC(=O)c1ccccc1. The molecule has 6 heteroatoms. The molecule has 0 amide bonds. The molecule has 0 aliphatic carbocycles. The molecular weight excluding hydrogens is 324 g/mol. The summed E-state index contributed by atoms with van der Waals surface area (Å²) in [4.78, 5) is 32.7. The van der Waals surface area contributed by atoms with Gasteiger partial charge in [0.25, 0.3) is 0 Å². The second kappa shape index (κ2) is 8.41. The highest BCUT2D eigenvalue weighted by Gasteiger charge is 2.25. The predicted molar refractivity (Wildman–Crippen MR) is 89.2 cm³/mol. The van der Waals surface area contributed by atoms with E-state index in [2.05, 4.69) is 19.9 Å². The van der Waals surface area contributed by atoms with E-state index in [4.69, 9.17) is 0 Å². The summed E-state index contributed by atoms with van der Waals surface area (Å²) in [7, 11) is 0. The van der Waals surface area contributed by atoms with Gasteiger partial charge >= 0.3 is 11.9 Å². The molecule has 2 aromatic carbocycles. The number of carbonyl (C=O) groups is 2. The minimum atomic E-state index is -0.774. The summed E-state index contributed by atoms with van der Waals surface area (Å²) in [6.45, 7) is 6.08. The molecule has 0 atom stereocenters. The van der Waals surface area contributed by atoms with Crippen molar-refractivity contribution in [3.05, 3.63) is 71.3 Å². The van der Waals surface area contributed by atoms with E-state index >= 15 is 0 Å². The maximum atomic E-state index is 12.2. The van der Waals surface area contributed by atoms with E-state index in [1.165, 1.54) is 0 Å². The fourth-order valence-electron chi connectivity index (χ4n) is 2.20. The lowest BCUT2D eigenvalue weighted by Crippen LogP contribution is -2.21. The van der Waals surface area contributed by atoms with Crippen molar-refractivity contribution in [1.29, 1.82) is 0 Å². The average molecular weight is 344 g/mol. The Balaban J connectivity index is 1.90. The van der Waals surface area contributed by atoms with Crippen molar-refractivity contribution in [2.75, 3.05) is 0 Å². The van der Waals surface area contributed by atoms with E-state index in [1.54, 1.807) is 42.5 Å². The van der Waals surface area contributed by atoms with E-state index in [-0.39, 0.29) is 11.0 Å². The molecule has 0 fully saturated rings. The zero-order valence-corrected chi connectivity index (χ0v) is 14.4. The van der Waals surface area contributed by atoms with Crippen LogP contribution in [0.15, 0.2) is 54.6 Å². The number of benzene rings is 2. The fraction of sp³-hybridized carbons (Fsp3) is 0.263. The second-order valence-corrected chi connectivity index (χ2v) is 6.03. The Hall–Kier alpha value is -2.70. The van der Waals surface area contributed by atoms with Gasteiger partial charge in [0.05, 0.1) is 11.1 Å². The van der Waals surface area contributed by atoms with Crippen LogP contribution in [-0.4, -0.2) is 11.9 Å². The lowest BCUT2D eigenvalue weighted by molar-refractivity contribution is -0.595. The van der Waals surface area contributed by atoms with Crippen LogP contribution in [0.4, 0.5) is 0 Å². The van der Waals surface area contributed by atoms with Crippen LogP contribution < -0.4 is 0 Å². The van der Waals surface area contributed by atoms with Gasteiger partial charge in [0.2, 0.25) is 0 Å². The Morgan fingerprint density at radius 3 is 2.04 bits per heavy atom. The molecule has 0 radical (unpaired) electrons. The van der Waals surface area contributed by atoms with Crippen LogP contribution in [0, 0.1) is 0 Å². The summed E-state index contributed by atoms with van der Waals surface area (Å²) in [5, 5.41) is 8.45. The largest absolute Gasteiger partial charge is 0.376 e. The minimum Gasteiger partial charge on any atom is -0.260 e. The van der Waals surface area contributed by atoms with Crippen LogP contribution in [0.3, 0.4) is 0 Å². The molecule has 2 rings (SSSR count). The van der Waals surface area contributed by atoms with Gasteiger partial charge in [-0.3, -0.25) is 9.78 Å². The first kappa shape index (κ1) is 18.6. The van der Waals surface area contributed by atoms with Crippen molar-refractivity contribution in [3.8, 4) is 0 Å². The molecule has 0 saturated heterocycles. The molecule has 0 saturated carbocycles. The quantitative estimate of drug-likeness (QED) is 0.426. The highest BCUT2D eigenvalue weighted by Crippen LogP contribution is 2.29. The minimum absolute atomic E-state index is 0.212. The molecule has 132 valence electrons. The molecule has 0 aliphatic heterocycles. The van der Waals surface area contributed by atoms with E-state index in [1.807, 2.05) is 32.9 Å². The average Bonchev–Trinajstić information content (AvgIpc) is 2.65. The topological polar surface area (TPSA) is 71.1 Å². The first-order chi connectivity index (χ1) is 12.0. The highest BCUT2D eigenvalue weighted by atomic mass is 17.7. The van der Waals surface area contributed by atoms with Crippen LogP contribution in [0.5, 0.6) is 0 Å². The molecule has 0 heterocycles. The van der Waals surface area contributed by atoms with Gasteiger partial charge in [0, 0.05) is 10.1 Å². The summed E-state index contributed by atoms with van der Waals surface area (Å²) in [5.41, 5.74) is 1.24. The predicted octanol–water partition coefficient (Wildman–Crippen LogP) is 4.17. The zero-order chi connectivity index (χ0) is 18.3.